The number of nitrogens with zero attached hydrogens (tertiary/aromatic N) is 2. The van der Waals surface area contributed by atoms with Crippen molar-refractivity contribution in [1.82, 2.24) is 9.47 Å². The van der Waals surface area contributed by atoms with E-state index in [1.165, 1.54) is 7.11 Å². The Morgan fingerprint density at radius 2 is 1.88 bits per heavy atom. The number of ether oxygens (including phenoxy) is 1. The first-order valence-corrected chi connectivity index (χ1v) is 8.35. The summed E-state index contributed by atoms with van der Waals surface area (Å²) in [5.41, 5.74) is 2.20. The maximum atomic E-state index is 13.1. The Labute approximate surface area is 142 Å². The smallest absolute Gasteiger partial charge is 0.354 e. The fourth-order valence-corrected chi connectivity index (χ4v) is 3.26. The van der Waals surface area contributed by atoms with E-state index in [4.69, 9.17) is 4.74 Å². The summed E-state index contributed by atoms with van der Waals surface area (Å²) in [5, 5.41) is 0. The van der Waals surface area contributed by atoms with Gasteiger partial charge in [0.2, 0.25) is 5.91 Å². The highest BCUT2D eigenvalue weighted by molar-refractivity contribution is 6.06. The number of esters is 1. The number of Topliss-reactive ketones (excluding diaryl/α,β-unsaturated/α-hetero) is 1. The predicted molar refractivity (Wildman–Crippen MR) is 90.1 cm³/mol. The molecular formula is C18H26N2O4. The van der Waals surface area contributed by atoms with E-state index >= 15 is 0 Å². The van der Waals surface area contributed by atoms with E-state index in [2.05, 4.69) is 0 Å². The van der Waals surface area contributed by atoms with Gasteiger partial charge < -0.3 is 14.2 Å². The van der Waals surface area contributed by atoms with Crippen molar-refractivity contribution in [2.75, 3.05) is 13.7 Å². The maximum absolute atomic E-state index is 13.1. The Kier molecular flexibility index (Phi) is 5.16. The first kappa shape index (κ1) is 18.2. The third-order valence-electron chi connectivity index (χ3n) is 4.95. The average molecular weight is 334 g/mol. The van der Waals surface area contributed by atoms with Crippen molar-refractivity contribution < 1.29 is 19.1 Å². The van der Waals surface area contributed by atoms with Gasteiger partial charge in [0.15, 0.2) is 5.78 Å². The number of carbonyl (C=O) groups excluding carboxylic acids is 3. The van der Waals surface area contributed by atoms with Gasteiger partial charge in [-0.15, -0.1) is 0 Å². The van der Waals surface area contributed by atoms with Crippen molar-refractivity contribution in [3.63, 3.8) is 0 Å². The van der Waals surface area contributed by atoms with Gasteiger partial charge in [-0.25, -0.2) is 4.79 Å². The van der Waals surface area contributed by atoms with Gasteiger partial charge in [-0.2, -0.15) is 0 Å². The minimum absolute atomic E-state index is 0.0535. The van der Waals surface area contributed by atoms with Gasteiger partial charge in [-0.3, -0.25) is 9.59 Å². The van der Waals surface area contributed by atoms with E-state index < -0.39 is 12.0 Å². The van der Waals surface area contributed by atoms with Crippen LogP contribution in [0.25, 0.3) is 0 Å². The summed E-state index contributed by atoms with van der Waals surface area (Å²) in [4.78, 5) is 39.1. The molecule has 1 heterocycles. The lowest BCUT2D eigenvalue weighted by Gasteiger charge is -2.27. The van der Waals surface area contributed by atoms with Crippen LogP contribution in [0.4, 0.5) is 0 Å². The van der Waals surface area contributed by atoms with Gasteiger partial charge in [0, 0.05) is 30.8 Å². The molecule has 0 aromatic carbocycles. The lowest BCUT2D eigenvalue weighted by Crippen LogP contribution is -2.44. The molecule has 2 rings (SSSR count). The number of carbonyl (C=O) groups is 3. The molecule has 6 heteroatoms. The van der Waals surface area contributed by atoms with E-state index in [1.54, 1.807) is 37.3 Å². The molecule has 6 nitrogen and oxygen atoms in total. The van der Waals surface area contributed by atoms with Crippen molar-refractivity contribution in [3.8, 4) is 0 Å². The lowest BCUT2D eigenvalue weighted by molar-refractivity contribution is -0.133. The van der Waals surface area contributed by atoms with Crippen LogP contribution in [0.15, 0.2) is 0 Å². The van der Waals surface area contributed by atoms with Gasteiger partial charge in [-0.05, 0) is 46.1 Å². The second-order valence-corrected chi connectivity index (χ2v) is 6.42. The molecule has 1 unspecified atom stereocenters. The molecule has 132 valence electrons. The Morgan fingerprint density at radius 1 is 1.29 bits per heavy atom. The molecule has 1 aromatic rings. The predicted octanol–water partition coefficient (Wildman–Crippen LogP) is 2.26. The highest BCUT2D eigenvalue weighted by Gasteiger charge is 2.37. The molecule has 1 amide bonds. The van der Waals surface area contributed by atoms with Crippen molar-refractivity contribution in [2.45, 2.75) is 46.6 Å². The number of hydrogen-bond acceptors (Lipinski definition) is 4. The molecule has 1 atom stereocenters. The van der Waals surface area contributed by atoms with Gasteiger partial charge in [-0.1, -0.05) is 0 Å². The van der Waals surface area contributed by atoms with E-state index in [9.17, 15) is 14.4 Å². The Morgan fingerprint density at radius 3 is 2.33 bits per heavy atom. The van der Waals surface area contributed by atoms with Crippen molar-refractivity contribution >= 4 is 17.7 Å². The van der Waals surface area contributed by atoms with Crippen LogP contribution in [-0.2, 0) is 16.6 Å². The number of hydrogen-bond donors (Lipinski definition) is 0. The number of methoxy groups -OCH3 is 1. The largest absolute Gasteiger partial charge is 0.464 e. The molecule has 0 N–H and O–H groups in total. The summed E-state index contributed by atoms with van der Waals surface area (Å²) in [5.74, 6) is -0.473. The van der Waals surface area contributed by atoms with Crippen LogP contribution in [0.2, 0.25) is 0 Å². The van der Waals surface area contributed by atoms with Gasteiger partial charge >= 0.3 is 5.97 Å². The van der Waals surface area contributed by atoms with Gasteiger partial charge in [0.1, 0.15) is 5.69 Å². The van der Waals surface area contributed by atoms with Crippen LogP contribution in [0.1, 0.15) is 58.8 Å². The topological polar surface area (TPSA) is 68.6 Å². The molecule has 0 radical (unpaired) electrons. The number of likely N-dealkylation sites (N-methyl/N-ethyl adjacent to an activating group) is 1. The lowest BCUT2D eigenvalue weighted by atomic mass is 9.99. The number of ketones is 1. The molecule has 0 aliphatic heterocycles. The molecule has 0 spiro atoms. The number of aromatic nitrogens is 1. The molecule has 1 aromatic heterocycles. The minimum atomic E-state index is -0.548. The fraction of sp³-hybridized carbons (Fsp3) is 0.611. The summed E-state index contributed by atoms with van der Waals surface area (Å²) in [6.07, 6.45) is 1.82. The summed E-state index contributed by atoms with van der Waals surface area (Å²) < 4.78 is 6.50. The third-order valence-corrected chi connectivity index (χ3v) is 4.95. The average Bonchev–Trinajstić information content (AvgIpc) is 3.36. The highest BCUT2D eigenvalue weighted by atomic mass is 16.5. The monoisotopic (exact) mass is 334 g/mol. The molecule has 1 fully saturated rings. The summed E-state index contributed by atoms with van der Waals surface area (Å²) >= 11 is 0. The number of rotatable bonds is 6. The van der Waals surface area contributed by atoms with Gasteiger partial charge in [0.05, 0.1) is 13.2 Å². The van der Waals surface area contributed by atoms with Crippen molar-refractivity contribution in [3.05, 3.63) is 22.5 Å². The Hall–Kier alpha value is -2.11. The standard InChI is InChI=1S/C18H26N2O4/c1-7-20(17(22)13-8-9-13)12(4)16(21)14-10(2)15(18(23)24-6)19(5)11(14)3/h12-13H,7-9H2,1-6H3. The van der Waals surface area contributed by atoms with Crippen LogP contribution in [-0.4, -0.2) is 46.8 Å². The molecule has 1 aliphatic rings. The zero-order chi connectivity index (χ0) is 18.2. The van der Waals surface area contributed by atoms with Crippen molar-refractivity contribution in [2.24, 2.45) is 13.0 Å². The SMILES string of the molecule is CCN(C(=O)C1CC1)C(C)C(=O)c1c(C)c(C(=O)OC)n(C)c1C. The minimum Gasteiger partial charge on any atom is -0.464 e. The van der Waals surface area contributed by atoms with Gasteiger partial charge in [0.25, 0.3) is 0 Å². The van der Waals surface area contributed by atoms with Crippen molar-refractivity contribution in [1.29, 1.82) is 0 Å². The van der Waals surface area contributed by atoms with E-state index in [-0.39, 0.29) is 17.6 Å². The normalized spacial score (nSPS) is 15.1. The molecule has 1 aliphatic carbocycles. The van der Waals surface area contributed by atoms with Crippen LogP contribution in [0.5, 0.6) is 0 Å². The summed E-state index contributed by atoms with van der Waals surface area (Å²) in [7, 11) is 3.06. The van der Waals surface area contributed by atoms with Crippen LogP contribution >= 0.6 is 0 Å². The zero-order valence-electron chi connectivity index (χ0n) is 15.3. The summed E-state index contributed by atoms with van der Waals surface area (Å²) in [6, 6.07) is -0.548. The molecular weight excluding hydrogens is 308 g/mol. The van der Waals surface area contributed by atoms with Crippen LogP contribution < -0.4 is 0 Å². The molecule has 1 saturated carbocycles. The van der Waals surface area contributed by atoms with E-state index in [0.717, 1.165) is 12.8 Å². The Balaban J connectivity index is 2.38. The molecule has 24 heavy (non-hydrogen) atoms. The third kappa shape index (κ3) is 2.97. The Bertz CT molecular complexity index is 686. The van der Waals surface area contributed by atoms with E-state index in [0.29, 0.717) is 29.1 Å². The maximum Gasteiger partial charge on any atom is 0.354 e. The fourth-order valence-electron chi connectivity index (χ4n) is 3.26. The molecule has 0 bridgehead atoms. The first-order valence-electron chi connectivity index (χ1n) is 8.35. The molecule has 0 saturated heterocycles. The zero-order valence-corrected chi connectivity index (χ0v) is 15.3. The first-order chi connectivity index (χ1) is 11.3. The van der Waals surface area contributed by atoms with Crippen LogP contribution in [0.3, 0.4) is 0 Å². The second kappa shape index (κ2) is 6.79. The quantitative estimate of drug-likeness (QED) is 0.591. The van der Waals surface area contributed by atoms with E-state index in [1.807, 2.05) is 6.92 Å². The second-order valence-electron chi connectivity index (χ2n) is 6.42. The number of amides is 1. The summed E-state index contributed by atoms with van der Waals surface area (Å²) in [6.45, 7) is 7.69. The highest BCUT2D eigenvalue weighted by Crippen LogP contribution is 2.32. The van der Waals surface area contributed by atoms with Crippen LogP contribution in [0, 0.1) is 19.8 Å².